The van der Waals surface area contributed by atoms with E-state index in [2.05, 4.69) is 29.9 Å². The van der Waals surface area contributed by atoms with Crippen LogP contribution >= 0.6 is 23.1 Å². The van der Waals surface area contributed by atoms with E-state index in [4.69, 9.17) is 0 Å². The summed E-state index contributed by atoms with van der Waals surface area (Å²) in [5.74, 6) is 1.29. The van der Waals surface area contributed by atoms with Crippen LogP contribution < -0.4 is 5.32 Å². The largest absolute Gasteiger partial charge is 0.312 e. The number of rotatable bonds is 8. The molecule has 0 amide bonds. The molecule has 3 heteroatoms. The average molecular weight is 243 g/mol. The maximum absolute atomic E-state index is 3.52. The van der Waals surface area contributed by atoms with E-state index in [1.807, 2.05) is 23.1 Å². The van der Waals surface area contributed by atoms with E-state index in [0.717, 1.165) is 19.5 Å². The van der Waals surface area contributed by atoms with Crippen LogP contribution in [0.2, 0.25) is 0 Å². The van der Waals surface area contributed by atoms with Crippen molar-refractivity contribution in [3.8, 4) is 0 Å². The topological polar surface area (TPSA) is 12.0 Å². The fourth-order valence-corrected chi connectivity index (χ4v) is 2.97. The SMILES string of the molecule is CCc1ccsc1CNCCCCSC. The average Bonchev–Trinajstić information content (AvgIpc) is 2.70. The Kier molecular flexibility index (Phi) is 7.14. The van der Waals surface area contributed by atoms with Crippen LogP contribution in [0.15, 0.2) is 11.4 Å². The van der Waals surface area contributed by atoms with Crippen molar-refractivity contribution in [1.82, 2.24) is 5.32 Å². The van der Waals surface area contributed by atoms with Crippen molar-refractivity contribution in [2.24, 2.45) is 0 Å². The highest BCUT2D eigenvalue weighted by Crippen LogP contribution is 2.16. The minimum absolute atomic E-state index is 1.06. The number of nitrogens with one attached hydrogen (secondary N) is 1. The van der Waals surface area contributed by atoms with Crippen LogP contribution in [-0.2, 0) is 13.0 Å². The molecule has 0 saturated heterocycles. The monoisotopic (exact) mass is 243 g/mol. The second-order valence-corrected chi connectivity index (χ2v) is 5.59. The Balaban J connectivity index is 2.09. The van der Waals surface area contributed by atoms with Gasteiger partial charge in [0.25, 0.3) is 0 Å². The van der Waals surface area contributed by atoms with Crippen molar-refractivity contribution in [1.29, 1.82) is 0 Å². The predicted molar refractivity (Wildman–Crippen MR) is 73.0 cm³/mol. The second-order valence-electron chi connectivity index (χ2n) is 3.60. The molecular weight excluding hydrogens is 222 g/mol. The van der Waals surface area contributed by atoms with Gasteiger partial charge in [-0.15, -0.1) is 11.3 Å². The third-order valence-electron chi connectivity index (χ3n) is 2.46. The van der Waals surface area contributed by atoms with E-state index in [-0.39, 0.29) is 0 Å². The third-order valence-corrected chi connectivity index (χ3v) is 4.12. The van der Waals surface area contributed by atoms with Gasteiger partial charge < -0.3 is 5.32 Å². The number of hydrogen-bond donors (Lipinski definition) is 1. The van der Waals surface area contributed by atoms with Gasteiger partial charge >= 0.3 is 0 Å². The fraction of sp³-hybridized carbons (Fsp3) is 0.667. The van der Waals surface area contributed by atoms with Crippen molar-refractivity contribution in [3.05, 3.63) is 21.9 Å². The lowest BCUT2D eigenvalue weighted by Crippen LogP contribution is -2.14. The zero-order valence-corrected chi connectivity index (χ0v) is 11.3. The van der Waals surface area contributed by atoms with Crippen LogP contribution in [0.25, 0.3) is 0 Å². The van der Waals surface area contributed by atoms with Gasteiger partial charge in [0.2, 0.25) is 0 Å². The number of thioether (sulfide) groups is 1. The first kappa shape index (κ1) is 13.1. The van der Waals surface area contributed by atoms with Gasteiger partial charge in [-0.1, -0.05) is 6.92 Å². The summed E-state index contributed by atoms with van der Waals surface area (Å²) < 4.78 is 0. The van der Waals surface area contributed by atoms with Gasteiger partial charge in [-0.05, 0) is 54.8 Å². The van der Waals surface area contributed by atoms with Crippen LogP contribution in [-0.4, -0.2) is 18.6 Å². The highest BCUT2D eigenvalue weighted by atomic mass is 32.2. The van der Waals surface area contributed by atoms with Crippen LogP contribution in [0.3, 0.4) is 0 Å². The first-order chi connectivity index (χ1) is 7.38. The molecular formula is C12H21NS2. The molecule has 1 nitrogen and oxygen atoms in total. The van der Waals surface area contributed by atoms with Crippen LogP contribution in [0.4, 0.5) is 0 Å². The Labute approximate surface area is 102 Å². The molecule has 0 aliphatic carbocycles. The Morgan fingerprint density at radius 1 is 1.40 bits per heavy atom. The maximum Gasteiger partial charge on any atom is 0.0302 e. The zero-order valence-electron chi connectivity index (χ0n) is 9.71. The number of unbranched alkanes of at least 4 members (excludes halogenated alkanes) is 1. The molecule has 0 atom stereocenters. The van der Waals surface area contributed by atoms with Crippen molar-refractivity contribution < 1.29 is 0 Å². The summed E-state index contributed by atoms with van der Waals surface area (Å²) in [6.45, 7) is 4.44. The van der Waals surface area contributed by atoms with E-state index in [1.165, 1.54) is 29.0 Å². The number of aryl methyl sites for hydroxylation is 1. The summed E-state index contributed by atoms with van der Waals surface area (Å²) in [6, 6.07) is 2.25. The summed E-state index contributed by atoms with van der Waals surface area (Å²) in [5.41, 5.74) is 1.51. The van der Waals surface area contributed by atoms with E-state index >= 15 is 0 Å². The molecule has 0 unspecified atom stereocenters. The molecule has 1 heterocycles. The second kappa shape index (κ2) is 8.20. The fourth-order valence-electron chi connectivity index (χ4n) is 1.54. The molecule has 0 saturated carbocycles. The minimum atomic E-state index is 1.06. The Morgan fingerprint density at radius 2 is 2.27 bits per heavy atom. The van der Waals surface area contributed by atoms with Gasteiger partial charge in [0.15, 0.2) is 0 Å². The highest BCUT2D eigenvalue weighted by molar-refractivity contribution is 7.98. The van der Waals surface area contributed by atoms with Gasteiger partial charge in [-0.2, -0.15) is 11.8 Å². The predicted octanol–water partition coefficient (Wildman–Crippen LogP) is 3.54. The van der Waals surface area contributed by atoms with Gasteiger partial charge in [-0.3, -0.25) is 0 Å². The normalized spacial score (nSPS) is 10.8. The van der Waals surface area contributed by atoms with Crippen LogP contribution in [0.1, 0.15) is 30.2 Å². The molecule has 0 radical (unpaired) electrons. The van der Waals surface area contributed by atoms with E-state index in [9.17, 15) is 0 Å². The van der Waals surface area contributed by atoms with Gasteiger partial charge in [0.1, 0.15) is 0 Å². The third kappa shape index (κ3) is 5.05. The van der Waals surface area contributed by atoms with E-state index < -0.39 is 0 Å². The molecule has 1 N–H and O–H groups in total. The van der Waals surface area contributed by atoms with Gasteiger partial charge in [0, 0.05) is 11.4 Å². The quantitative estimate of drug-likeness (QED) is 0.701. The summed E-state index contributed by atoms with van der Waals surface area (Å²) >= 11 is 3.81. The molecule has 0 spiro atoms. The molecule has 0 aromatic carbocycles. The molecule has 0 aliphatic rings. The number of hydrogen-bond acceptors (Lipinski definition) is 3. The summed E-state index contributed by atoms with van der Waals surface area (Å²) in [5, 5.41) is 5.72. The summed E-state index contributed by atoms with van der Waals surface area (Å²) in [6.07, 6.45) is 5.96. The summed E-state index contributed by atoms with van der Waals surface area (Å²) in [4.78, 5) is 1.52. The van der Waals surface area contributed by atoms with E-state index in [1.54, 1.807) is 0 Å². The highest BCUT2D eigenvalue weighted by Gasteiger charge is 2.00. The van der Waals surface area contributed by atoms with Gasteiger partial charge in [-0.25, -0.2) is 0 Å². The number of thiophene rings is 1. The molecule has 1 aromatic rings. The molecule has 0 fully saturated rings. The minimum Gasteiger partial charge on any atom is -0.312 e. The zero-order chi connectivity index (χ0) is 10.9. The maximum atomic E-state index is 3.52. The molecule has 0 bridgehead atoms. The Morgan fingerprint density at radius 3 is 3.00 bits per heavy atom. The van der Waals surface area contributed by atoms with Crippen molar-refractivity contribution in [2.45, 2.75) is 32.7 Å². The molecule has 1 rings (SSSR count). The van der Waals surface area contributed by atoms with Gasteiger partial charge in [0.05, 0.1) is 0 Å². The lowest BCUT2D eigenvalue weighted by Gasteiger charge is -2.04. The first-order valence-corrected chi connectivity index (χ1v) is 7.90. The van der Waals surface area contributed by atoms with Crippen molar-refractivity contribution in [3.63, 3.8) is 0 Å². The molecule has 15 heavy (non-hydrogen) atoms. The smallest absolute Gasteiger partial charge is 0.0302 e. The van der Waals surface area contributed by atoms with Crippen molar-refractivity contribution in [2.75, 3.05) is 18.6 Å². The Hall–Kier alpha value is 0.01000. The van der Waals surface area contributed by atoms with Crippen molar-refractivity contribution >= 4 is 23.1 Å². The first-order valence-electron chi connectivity index (χ1n) is 5.63. The Bertz CT molecular complexity index is 258. The standard InChI is InChI=1S/C12H21NS2/c1-3-11-6-9-15-12(11)10-13-7-4-5-8-14-2/h6,9,13H,3-5,7-8,10H2,1-2H3. The lowest BCUT2D eigenvalue weighted by atomic mass is 10.2. The van der Waals surface area contributed by atoms with Crippen LogP contribution in [0, 0.1) is 0 Å². The summed E-state index contributed by atoms with van der Waals surface area (Å²) in [7, 11) is 0. The molecule has 1 aromatic heterocycles. The van der Waals surface area contributed by atoms with Crippen LogP contribution in [0.5, 0.6) is 0 Å². The van der Waals surface area contributed by atoms with E-state index in [0.29, 0.717) is 0 Å². The molecule has 86 valence electrons. The lowest BCUT2D eigenvalue weighted by molar-refractivity contribution is 0.646. The molecule has 0 aliphatic heterocycles.